The van der Waals surface area contributed by atoms with Crippen molar-refractivity contribution in [2.75, 3.05) is 19.6 Å². The zero-order valence-corrected chi connectivity index (χ0v) is 19.2. The van der Waals surface area contributed by atoms with E-state index in [9.17, 15) is 0 Å². The summed E-state index contributed by atoms with van der Waals surface area (Å²) in [6.07, 6.45) is 26.7. The van der Waals surface area contributed by atoms with E-state index in [1.165, 1.54) is 121 Å². The summed E-state index contributed by atoms with van der Waals surface area (Å²) in [7, 11) is 0. The number of aliphatic imine (C=N–C) groups is 1. The van der Waals surface area contributed by atoms with Gasteiger partial charge in [0.25, 0.3) is 0 Å². The maximum absolute atomic E-state index is 5.71. The first kappa shape index (κ1) is 25.5. The van der Waals surface area contributed by atoms with E-state index >= 15 is 0 Å². The molecule has 1 aliphatic rings. The molecule has 3 heteroatoms. The van der Waals surface area contributed by atoms with Crippen LogP contribution < -0.4 is 11.1 Å². The fourth-order valence-corrected chi connectivity index (χ4v) is 4.41. The summed E-state index contributed by atoms with van der Waals surface area (Å²) in [6, 6.07) is 0. The Morgan fingerprint density at radius 3 is 1.61 bits per heavy atom. The number of hydrogen-bond acceptors (Lipinski definition) is 3. The summed E-state index contributed by atoms with van der Waals surface area (Å²) >= 11 is 0. The Balaban J connectivity index is 1.83. The van der Waals surface area contributed by atoms with E-state index in [2.05, 4.69) is 17.2 Å². The first-order valence-electron chi connectivity index (χ1n) is 12.9. The molecule has 0 amide bonds. The molecule has 0 spiro atoms. The fourth-order valence-electron chi connectivity index (χ4n) is 4.41. The molecule has 1 rings (SSSR count). The van der Waals surface area contributed by atoms with Crippen molar-refractivity contribution in [3.63, 3.8) is 0 Å². The van der Waals surface area contributed by atoms with E-state index in [1.54, 1.807) is 0 Å². The van der Waals surface area contributed by atoms with Gasteiger partial charge >= 0.3 is 0 Å². The molecular weight excluding hydrogens is 342 g/mol. The number of nitrogens with two attached hydrogens (primary N) is 1. The highest BCUT2D eigenvalue weighted by Crippen LogP contribution is 2.19. The van der Waals surface area contributed by atoms with E-state index in [0.29, 0.717) is 5.92 Å². The van der Waals surface area contributed by atoms with Crippen molar-refractivity contribution in [1.82, 2.24) is 5.32 Å². The van der Waals surface area contributed by atoms with Crippen LogP contribution in [0.5, 0.6) is 0 Å². The third-order valence-electron chi connectivity index (χ3n) is 6.25. The lowest BCUT2D eigenvalue weighted by Crippen LogP contribution is -2.27. The number of unbranched alkanes of at least 4 members (excludes halogenated alkanes) is 15. The van der Waals surface area contributed by atoms with E-state index in [4.69, 9.17) is 5.73 Å². The summed E-state index contributed by atoms with van der Waals surface area (Å²) in [6.45, 7) is 5.11. The van der Waals surface area contributed by atoms with Gasteiger partial charge in [0, 0.05) is 12.5 Å². The number of nitrogens with zero attached hydrogens (tertiary/aromatic N) is 1. The summed E-state index contributed by atoms with van der Waals surface area (Å²) in [5.41, 5.74) is 5.71. The summed E-state index contributed by atoms with van der Waals surface area (Å²) in [4.78, 5) is 4.65. The van der Waals surface area contributed by atoms with Crippen LogP contribution in [0, 0.1) is 5.92 Å². The van der Waals surface area contributed by atoms with Crippen LogP contribution in [0.4, 0.5) is 0 Å². The van der Waals surface area contributed by atoms with Crippen molar-refractivity contribution >= 4 is 5.84 Å². The van der Waals surface area contributed by atoms with Crippen molar-refractivity contribution in [1.29, 1.82) is 0 Å². The zero-order chi connectivity index (χ0) is 20.1. The Bertz CT molecular complexity index is 354. The minimum atomic E-state index is 0.637. The van der Waals surface area contributed by atoms with Crippen molar-refractivity contribution in [2.45, 2.75) is 129 Å². The lowest BCUT2D eigenvalue weighted by molar-refractivity contribution is 0.491. The predicted octanol–water partition coefficient (Wildman–Crippen LogP) is 6.99. The van der Waals surface area contributed by atoms with Gasteiger partial charge in [-0.2, -0.15) is 0 Å². The van der Waals surface area contributed by atoms with Gasteiger partial charge in [-0.3, -0.25) is 4.99 Å². The van der Waals surface area contributed by atoms with Crippen LogP contribution in [0.15, 0.2) is 4.99 Å². The highest BCUT2D eigenvalue weighted by molar-refractivity contribution is 5.85. The first-order chi connectivity index (χ1) is 13.9. The molecule has 0 radical (unpaired) electrons. The topological polar surface area (TPSA) is 50.4 Å². The molecule has 0 saturated heterocycles. The van der Waals surface area contributed by atoms with Crippen molar-refractivity contribution in [3.05, 3.63) is 0 Å². The average Bonchev–Trinajstić information content (AvgIpc) is 3.24. The predicted molar refractivity (Wildman–Crippen MR) is 126 cm³/mol. The first-order valence-corrected chi connectivity index (χ1v) is 12.9. The van der Waals surface area contributed by atoms with Crippen molar-refractivity contribution in [2.24, 2.45) is 16.6 Å². The Morgan fingerprint density at radius 2 is 1.18 bits per heavy atom. The lowest BCUT2D eigenvalue weighted by atomic mass is 9.94. The monoisotopic (exact) mass is 393 g/mol. The maximum atomic E-state index is 5.71. The number of amidine groups is 1. The van der Waals surface area contributed by atoms with E-state index in [1.807, 2.05) is 0 Å². The molecule has 28 heavy (non-hydrogen) atoms. The Morgan fingerprint density at radius 1 is 0.714 bits per heavy atom. The highest BCUT2D eigenvalue weighted by atomic mass is 15.1. The Labute approximate surface area is 176 Å². The standard InChI is InChI=1S/C25H51N3/c1-2-3-4-5-6-7-8-9-10-11-12-13-14-15-16-17-19-24(20-18-21-26)25-27-22-23-28-25/h24H,2-23,26H2,1H3,(H,27,28). The van der Waals surface area contributed by atoms with Gasteiger partial charge in [0.1, 0.15) is 0 Å². The average molecular weight is 394 g/mol. The molecule has 0 aromatic rings. The largest absolute Gasteiger partial charge is 0.372 e. The third kappa shape index (κ3) is 14.4. The van der Waals surface area contributed by atoms with E-state index < -0.39 is 0 Å². The molecule has 1 heterocycles. The molecule has 1 unspecified atom stereocenters. The van der Waals surface area contributed by atoms with Gasteiger partial charge in [-0.1, -0.05) is 110 Å². The smallest absolute Gasteiger partial charge is 0.0995 e. The van der Waals surface area contributed by atoms with Gasteiger partial charge in [-0.05, 0) is 25.8 Å². The summed E-state index contributed by atoms with van der Waals surface area (Å²) < 4.78 is 0. The molecule has 3 nitrogen and oxygen atoms in total. The molecule has 3 N–H and O–H groups in total. The second-order valence-corrected chi connectivity index (χ2v) is 8.91. The second kappa shape index (κ2) is 19.7. The van der Waals surface area contributed by atoms with Crippen molar-refractivity contribution in [3.8, 4) is 0 Å². The molecule has 166 valence electrons. The molecule has 1 aliphatic heterocycles. The van der Waals surface area contributed by atoms with Crippen LogP contribution >= 0.6 is 0 Å². The van der Waals surface area contributed by atoms with Gasteiger partial charge in [-0.25, -0.2) is 0 Å². The van der Waals surface area contributed by atoms with Crippen LogP contribution in [0.25, 0.3) is 0 Å². The maximum Gasteiger partial charge on any atom is 0.0995 e. The zero-order valence-electron chi connectivity index (χ0n) is 19.2. The molecule has 0 bridgehead atoms. The van der Waals surface area contributed by atoms with Gasteiger partial charge in [-0.15, -0.1) is 0 Å². The van der Waals surface area contributed by atoms with Gasteiger partial charge < -0.3 is 11.1 Å². The summed E-state index contributed by atoms with van der Waals surface area (Å²) in [5.74, 6) is 1.91. The van der Waals surface area contributed by atoms with Crippen LogP contribution in [-0.2, 0) is 0 Å². The molecule has 0 aromatic heterocycles. The van der Waals surface area contributed by atoms with Gasteiger partial charge in [0.05, 0.1) is 12.4 Å². The number of hydrogen-bond donors (Lipinski definition) is 2. The van der Waals surface area contributed by atoms with Crippen LogP contribution in [0.2, 0.25) is 0 Å². The molecule has 0 aromatic carbocycles. The van der Waals surface area contributed by atoms with Crippen molar-refractivity contribution < 1.29 is 0 Å². The quantitative estimate of drug-likeness (QED) is 0.206. The molecule has 0 fully saturated rings. The third-order valence-corrected chi connectivity index (χ3v) is 6.25. The van der Waals surface area contributed by atoms with Gasteiger partial charge in [0.15, 0.2) is 0 Å². The molecule has 0 saturated carbocycles. The van der Waals surface area contributed by atoms with Gasteiger partial charge in [0.2, 0.25) is 0 Å². The summed E-state index contributed by atoms with van der Waals surface area (Å²) in [5, 5.41) is 3.48. The number of nitrogens with one attached hydrogen (secondary N) is 1. The normalized spacial score (nSPS) is 14.9. The Kier molecular flexibility index (Phi) is 17.9. The van der Waals surface area contributed by atoms with E-state index in [0.717, 1.165) is 26.1 Å². The second-order valence-electron chi connectivity index (χ2n) is 8.91. The highest BCUT2D eigenvalue weighted by Gasteiger charge is 2.17. The minimum Gasteiger partial charge on any atom is -0.372 e. The van der Waals surface area contributed by atoms with Crippen LogP contribution in [-0.4, -0.2) is 25.5 Å². The lowest BCUT2D eigenvalue weighted by Gasteiger charge is -2.17. The minimum absolute atomic E-state index is 0.637. The number of rotatable bonds is 21. The van der Waals surface area contributed by atoms with E-state index in [-0.39, 0.29) is 0 Å². The molecule has 1 atom stereocenters. The SMILES string of the molecule is CCCCCCCCCCCCCCCCCCC(CCCN)C1=NCCN1. The molecular formula is C25H51N3. The Hall–Kier alpha value is -0.570. The van der Waals surface area contributed by atoms with Crippen LogP contribution in [0.1, 0.15) is 129 Å². The molecule has 0 aliphatic carbocycles. The fraction of sp³-hybridized carbons (Fsp3) is 0.960. The van der Waals surface area contributed by atoms with Crippen LogP contribution in [0.3, 0.4) is 0 Å².